The monoisotopic (exact) mass is 395 g/mol. The maximum Gasteiger partial charge on any atom is 0.434 e. The minimum Gasteiger partial charge on any atom is -0.478 e. The molecule has 0 saturated heterocycles. The van der Waals surface area contributed by atoms with Crippen molar-refractivity contribution in [2.75, 3.05) is 0 Å². The smallest absolute Gasteiger partial charge is 0.434 e. The predicted molar refractivity (Wildman–Crippen MR) is 94.5 cm³/mol. The number of carbonyl (C=O) groups excluding carboxylic acids is 1. The summed E-state index contributed by atoms with van der Waals surface area (Å²) >= 11 is 0. The van der Waals surface area contributed by atoms with E-state index in [1.165, 1.54) is 24.3 Å². The molecule has 3 rings (SSSR count). The van der Waals surface area contributed by atoms with Crippen LogP contribution in [0.4, 0.5) is 13.2 Å². The summed E-state index contributed by atoms with van der Waals surface area (Å²) in [5, 5.41) is 15.5. The molecular weight excluding hydrogens is 375 g/mol. The van der Waals surface area contributed by atoms with E-state index in [0.717, 1.165) is 38.5 Å². The van der Waals surface area contributed by atoms with Gasteiger partial charge < -0.3 is 10.4 Å². The number of benzene rings is 1. The lowest BCUT2D eigenvalue weighted by Gasteiger charge is -2.16. The van der Waals surface area contributed by atoms with Gasteiger partial charge in [-0.15, -0.1) is 0 Å². The van der Waals surface area contributed by atoms with Gasteiger partial charge in [-0.3, -0.25) is 4.79 Å². The molecule has 1 amide bonds. The molecule has 1 aliphatic rings. The van der Waals surface area contributed by atoms with Gasteiger partial charge in [0.05, 0.1) is 11.9 Å². The SMILES string of the molecule is O=C(NC1CCCCCC1)c1ccc(-n2ncc(C(=O)O)c2C(F)(F)F)cc1. The number of carboxylic acid groups (broad SMARTS) is 1. The third-order valence-electron chi connectivity index (χ3n) is 4.83. The molecule has 0 radical (unpaired) electrons. The molecule has 2 N–H and O–H groups in total. The lowest BCUT2D eigenvalue weighted by Crippen LogP contribution is -2.34. The van der Waals surface area contributed by atoms with Crippen LogP contribution in [0.3, 0.4) is 0 Å². The summed E-state index contributed by atoms with van der Waals surface area (Å²) in [7, 11) is 0. The van der Waals surface area contributed by atoms with Crippen molar-refractivity contribution in [3.63, 3.8) is 0 Å². The molecule has 1 heterocycles. The average molecular weight is 395 g/mol. The number of rotatable bonds is 4. The number of carbonyl (C=O) groups is 2. The first-order valence-corrected chi connectivity index (χ1v) is 9.07. The normalized spacial score (nSPS) is 15.8. The highest BCUT2D eigenvalue weighted by Crippen LogP contribution is 2.33. The van der Waals surface area contributed by atoms with Crippen LogP contribution in [-0.4, -0.2) is 32.8 Å². The second-order valence-corrected chi connectivity index (χ2v) is 6.83. The second kappa shape index (κ2) is 8.04. The second-order valence-electron chi connectivity index (χ2n) is 6.83. The molecule has 0 spiro atoms. The van der Waals surface area contributed by atoms with Crippen LogP contribution >= 0.6 is 0 Å². The Morgan fingerprint density at radius 1 is 1.07 bits per heavy atom. The van der Waals surface area contributed by atoms with Gasteiger partial charge in [-0.05, 0) is 37.1 Å². The summed E-state index contributed by atoms with van der Waals surface area (Å²) in [5.74, 6) is -1.99. The molecule has 0 unspecified atom stereocenters. The van der Waals surface area contributed by atoms with Crippen LogP contribution in [0, 0.1) is 0 Å². The summed E-state index contributed by atoms with van der Waals surface area (Å²) in [6, 6.07) is 5.55. The number of carboxylic acids is 1. The van der Waals surface area contributed by atoms with Crippen molar-refractivity contribution in [2.24, 2.45) is 0 Å². The number of halogens is 3. The Hall–Kier alpha value is -2.84. The van der Waals surface area contributed by atoms with E-state index < -0.39 is 23.4 Å². The van der Waals surface area contributed by atoms with Gasteiger partial charge >= 0.3 is 12.1 Å². The number of alkyl halides is 3. The molecule has 150 valence electrons. The number of nitrogens with zero attached hydrogens (tertiary/aromatic N) is 2. The maximum atomic E-state index is 13.3. The molecular formula is C19H20F3N3O3. The minimum absolute atomic E-state index is 0.0193. The molecule has 1 saturated carbocycles. The van der Waals surface area contributed by atoms with Gasteiger partial charge in [-0.2, -0.15) is 18.3 Å². The van der Waals surface area contributed by atoms with Gasteiger partial charge in [-0.25, -0.2) is 9.48 Å². The largest absolute Gasteiger partial charge is 0.478 e. The maximum absolute atomic E-state index is 13.3. The van der Waals surface area contributed by atoms with Crippen molar-refractivity contribution in [3.8, 4) is 5.69 Å². The minimum atomic E-state index is -4.89. The zero-order valence-corrected chi connectivity index (χ0v) is 15.0. The fourth-order valence-corrected chi connectivity index (χ4v) is 3.42. The third kappa shape index (κ3) is 4.35. The zero-order valence-electron chi connectivity index (χ0n) is 15.0. The molecule has 6 nitrogen and oxygen atoms in total. The van der Waals surface area contributed by atoms with E-state index in [4.69, 9.17) is 5.11 Å². The van der Waals surface area contributed by atoms with Gasteiger partial charge in [0.2, 0.25) is 0 Å². The van der Waals surface area contributed by atoms with Gasteiger partial charge in [0, 0.05) is 11.6 Å². The molecule has 28 heavy (non-hydrogen) atoms. The fraction of sp³-hybridized carbons (Fsp3) is 0.421. The molecule has 1 aromatic heterocycles. The average Bonchev–Trinajstić information content (AvgIpc) is 2.96. The van der Waals surface area contributed by atoms with Crippen molar-refractivity contribution < 1.29 is 27.9 Å². The van der Waals surface area contributed by atoms with Crippen LogP contribution in [0.2, 0.25) is 0 Å². The van der Waals surface area contributed by atoms with Crippen LogP contribution in [0.1, 0.15) is 64.9 Å². The summed E-state index contributed by atoms with van der Waals surface area (Å²) < 4.78 is 40.4. The molecule has 1 aromatic carbocycles. The summed E-state index contributed by atoms with van der Waals surface area (Å²) in [6.07, 6.45) is 2.06. The van der Waals surface area contributed by atoms with Crippen molar-refractivity contribution in [2.45, 2.75) is 50.7 Å². The Morgan fingerprint density at radius 2 is 1.68 bits per heavy atom. The molecule has 9 heteroatoms. The van der Waals surface area contributed by atoms with Crippen LogP contribution in [0.5, 0.6) is 0 Å². The first kappa shape index (κ1) is 19.9. The summed E-state index contributed by atoms with van der Waals surface area (Å²) in [6.45, 7) is 0. The Labute approximate surface area is 159 Å². The zero-order chi connectivity index (χ0) is 20.3. The Kier molecular flexibility index (Phi) is 5.71. The Balaban J connectivity index is 1.81. The van der Waals surface area contributed by atoms with E-state index in [0.29, 0.717) is 16.4 Å². The summed E-state index contributed by atoms with van der Waals surface area (Å²) in [5.41, 5.74) is -1.95. The Bertz CT molecular complexity index is 852. The van der Waals surface area contributed by atoms with Gasteiger partial charge in [0.25, 0.3) is 5.91 Å². The number of amides is 1. The van der Waals surface area contributed by atoms with Crippen LogP contribution in [-0.2, 0) is 6.18 Å². The highest BCUT2D eigenvalue weighted by molar-refractivity contribution is 5.94. The van der Waals surface area contributed by atoms with Crippen molar-refractivity contribution >= 4 is 11.9 Å². The van der Waals surface area contributed by atoms with E-state index in [1.807, 2.05) is 0 Å². The van der Waals surface area contributed by atoms with Gasteiger partial charge in [-0.1, -0.05) is 25.7 Å². The summed E-state index contributed by atoms with van der Waals surface area (Å²) in [4.78, 5) is 23.5. The highest BCUT2D eigenvalue weighted by atomic mass is 19.4. The lowest BCUT2D eigenvalue weighted by atomic mass is 10.1. The molecule has 1 fully saturated rings. The first-order valence-electron chi connectivity index (χ1n) is 9.07. The van der Waals surface area contributed by atoms with E-state index >= 15 is 0 Å². The third-order valence-corrected chi connectivity index (χ3v) is 4.83. The standard InChI is InChI=1S/C19H20F3N3O3/c20-19(21,22)16-15(18(27)28)11-23-25(16)14-9-7-12(8-10-14)17(26)24-13-5-3-1-2-4-6-13/h7-11,13H,1-6H2,(H,24,26)(H,27,28). The quantitative estimate of drug-likeness (QED) is 0.766. The van der Waals surface area contributed by atoms with E-state index in [9.17, 15) is 22.8 Å². The lowest BCUT2D eigenvalue weighted by molar-refractivity contribution is -0.143. The molecule has 0 atom stereocenters. The van der Waals surface area contributed by atoms with Crippen LogP contribution in [0.25, 0.3) is 5.69 Å². The molecule has 1 aliphatic carbocycles. The number of aromatic carboxylic acids is 1. The van der Waals surface area contributed by atoms with E-state index in [-0.39, 0.29) is 17.6 Å². The number of hydrogen-bond donors (Lipinski definition) is 2. The number of hydrogen-bond acceptors (Lipinski definition) is 3. The van der Waals surface area contributed by atoms with Gasteiger partial charge in [0.15, 0.2) is 5.69 Å². The topological polar surface area (TPSA) is 84.2 Å². The molecule has 0 aliphatic heterocycles. The van der Waals surface area contributed by atoms with E-state index in [2.05, 4.69) is 10.4 Å². The van der Waals surface area contributed by atoms with Gasteiger partial charge in [0.1, 0.15) is 5.56 Å². The Morgan fingerprint density at radius 3 is 2.21 bits per heavy atom. The molecule has 2 aromatic rings. The fourth-order valence-electron chi connectivity index (χ4n) is 3.42. The number of aromatic nitrogens is 2. The number of nitrogens with one attached hydrogen (secondary N) is 1. The predicted octanol–water partition coefficient (Wildman–Crippen LogP) is 4.04. The van der Waals surface area contributed by atoms with Crippen molar-refractivity contribution in [3.05, 3.63) is 47.3 Å². The highest BCUT2D eigenvalue weighted by Gasteiger charge is 2.40. The first-order chi connectivity index (χ1) is 13.3. The molecule has 0 bridgehead atoms. The van der Waals surface area contributed by atoms with Crippen molar-refractivity contribution in [1.29, 1.82) is 0 Å². The van der Waals surface area contributed by atoms with Crippen molar-refractivity contribution in [1.82, 2.24) is 15.1 Å². The van der Waals surface area contributed by atoms with Crippen LogP contribution in [0.15, 0.2) is 30.5 Å². The van der Waals surface area contributed by atoms with Crippen LogP contribution < -0.4 is 5.32 Å². The van der Waals surface area contributed by atoms with E-state index in [1.54, 1.807) is 0 Å².